The molecule has 0 spiro atoms. The summed E-state index contributed by atoms with van der Waals surface area (Å²) in [6.07, 6.45) is 0. The molecular weight excluding hydrogens is 617 g/mol. The van der Waals surface area contributed by atoms with Crippen molar-refractivity contribution in [3.8, 4) is 0 Å². The maximum absolute atomic E-state index is 6.34. The van der Waals surface area contributed by atoms with E-state index < -0.39 is 12.8 Å². The summed E-state index contributed by atoms with van der Waals surface area (Å²) in [6, 6.07) is 21.1. The second-order valence-corrected chi connectivity index (χ2v) is 40.3. The van der Waals surface area contributed by atoms with Crippen LogP contribution in [0.1, 0.15) is 38.8 Å². The molecule has 136 valence electrons. The van der Waals surface area contributed by atoms with E-state index in [0.717, 1.165) is 0 Å². The summed E-state index contributed by atoms with van der Waals surface area (Å²) < 4.78 is 12.7. The molecule has 0 aliphatic heterocycles. The first-order valence-electron chi connectivity index (χ1n) is 8.39. The van der Waals surface area contributed by atoms with E-state index in [4.69, 9.17) is 5.63 Å². The van der Waals surface area contributed by atoms with Gasteiger partial charge in [0, 0.05) is 0 Å². The number of rotatable bonds is 8. The van der Waals surface area contributed by atoms with E-state index in [2.05, 4.69) is 124 Å². The average Bonchev–Trinajstić information content (AvgIpc) is 2.60. The van der Waals surface area contributed by atoms with Gasteiger partial charge in [-0.15, -0.1) is 0 Å². The van der Waals surface area contributed by atoms with Crippen LogP contribution >= 0.6 is 36.1 Å². The molecular formula is C20H26I2O2Zr. The van der Waals surface area contributed by atoms with Crippen LogP contribution in [-0.2, 0) is 29.2 Å². The topological polar surface area (TPSA) is 18.5 Å². The maximum atomic E-state index is 6.34. The van der Waals surface area contributed by atoms with Crippen LogP contribution in [0.2, 0.25) is 0 Å². The molecule has 0 unspecified atom stereocenters. The van der Waals surface area contributed by atoms with E-state index in [0.29, 0.717) is 13.2 Å². The molecule has 2 aromatic rings. The molecule has 2 nitrogen and oxygen atoms in total. The van der Waals surface area contributed by atoms with Crippen LogP contribution in [0.15, 0.2) is 60.7 Å². The van der Waals surface area contributed by atoms with Gasteiger partial charge in [0.1, 0.15) is 0 Å². The third-order valence-electron chi connectivity index (χ3n) is 4.31. The normalized spacial score (nSPS) is 13.0. The van der Waals surface area contributed by atoms with Gasteiger partial charge in [0.15, 0.2) is 0 Å². The van der Waals surface area contributed by atoms with Crippen molar-refractivity contribution in [3.05, 3.63) is 71.8 Å². The van der Waals surface area contributed by atoms with Crippen molar-refractivity contribution >= 4 is 36.1 Å². The molecule has 0 heterocycles. The summed E-state index contributed by atoms with van der Waals surface area (Å²) in [4.78, 5) is 0. The number of benzene rings is 2. The fraction of sp³-hybridized carbons (Fsp3) is 0.400. The predicted octanol–water partition coefficient (Wildman–Crippen LogP) is 6.66. The number of halogens is 2. The van der Waals surface area contributed by atoms with Crippen LogP contribution < -0.4 is 0 Å². The average molecular weight is 643 g/mol. The molecule has 5 heteroatoms. The first-order chi connectivity index (χ1) is 11.6. The van der Waals surface area contributed by atoms with Crippen molar-refractivity contribution in [1.82, 2.24) is 0 Å². The van der Waals surface area contributed by atoms with Crippen molar-refractivity contribution < 1.29 is 18.4 Å². The van der Waals surface area contributed by atoms with Crippen LogP contribution in [-0.4, -0.2) is 13.2 Å². The van der Waals surface area contributed by atoms with Crippen molar-refractivity contribution in [2.45, 2.75) is 38.5 Å². The van der Waals surface area contributed by atoms with E-state index >= 15 is 0 Å². The van der Waals surface area contributed by atoms with Crippen molar-refractivity contribution in [1.29, 1.82) is 0 Å². The molecule has 0 aromatic heterocycles. The van der Waals surface area contributed by atoms with Gasteiger partial charge < -0.3 is 0 Å². The molecule has 0 radical (unpaired) electrons. The van der Waals surface area contributed by atoms with Crippen LogP contribution in [0.4, 0.5) is 0 Å². The Morgan fingerprint density at radius 3 is 1.32 bits per heavy atom. The summed E-state index contributed by atoms with van der Waals surface area (Å²) in [7, 11) is 0. The Kier molecular flexibility index (Phi) is 8.15. The van der Waals surface area contributed by atoms with Gasteiger partial charge in [-0.1, -0.05) is 0 Å². The van der Waals surface area contributed by atoms with Crippen LogP contribution in [0.25, 0.3) is 0 Å². The summed E-state index contributed by atoms with van der Waals surface area (Å²) >= 11 is 1.85. The molecule has 0 atom stereocenters. The molecule has 0 saturated heterocycles. The third-order valence-corrected chi connectivity index (χ3v) is 14.0. The summed E-state index contributed by atoms with van der Waals surface area (Å²) in [5.74, 6) is 0. The monoisotopic (exact) mass is 642 g/mol. The molecule has 0 saturated carbocycles. The summed E-state index contributed by atoms with van der Waals surface area (Å²) in [5.41, 5.74) is 2.57. The minimum atomic E-state index is -3.05. The van der Waals surface area contributed by atoms with Gasteiger partial charge in [-0.3, -0.25) is 0 Å². The zero-order valence-electron chi connectivity index (χ0n) is 15.3. The standard InChI is InChI=1S/2C10H13O.2HI.Zr/c2*1-10(2,8-11)9-6-4-3-5-7-9;;;/h2*3-7H,8H2,1-2H3;2*1H;/q2*-1;;;+4/p-2. The molecule has 0 fully saturated rings. The molecule has 0 bridgehead atoms. The first-order valence-corrected chi connectivity index (χ1v) is 25.0. The Bertz CT molecular complexity index is 600. The fourth-order valence-electron chi connectivity index (χ4n) is 2.52. The van der Waals surface area contributed by atoms with E-state index in [9.17, 15) is 0 Å². The van der Waals surface area contributed by atoms with Gasteiger partial charge in [0.05, 0.1) is 0 Å². The van der Waals surface area contributed by atoms with Crippen molar-refractivity contribution in [3.63, 3.8) is 0 Å². The summed E-state index contributed by atoms with van der Waals surface area (Å²) in [6.45, 7) is 10.3. The van der Waals surface area contributed by atoms with Crippen molar-refractivity contribution in [2.75, 3.05) is 13.2 Å². The second-order valence-electron chi connectivity index (χ2n) is 7.54. The third kappa shape index (κ3) is 6.98. The zero-order valence-corrected chi connectivity index (χ0v) is 22.0. The fourth-order valence-corrected chi connectivity index (χ4v) is 9.01. The molecule has 2 rings (SSSR count). The molecule has 0 aliphatic carbocycles. The molecule has 0 aliphatic rings. The Morgan fingerprint density at radius 2 is 1.00 bits per heavy atom. The quantitative estimate of drug-likeness (QED) is 0.300. The second kappa shape index (κ2) is 9.27. The van der Waals surface area contributed by atoms with Crippen molar-refractivity contribution in [2.24, 2.45) is 0 Å². The van der Waals surface area contributed by atoms with Crippen LogP contribution in [0.5, 0.6) is 0 Å². The minimum absolute atomic E-state index is 0.0158. The van der Waals surface area contributed by atoms with E-state index in [1.54, 1.807) is 0 Å². The molecule has 0 N–H and O–H groups in total. The Morgan fingerprint density at radius 1 is 0.680 bits per heavy atom. The Balaban J connectivity index is 1.93. The zero-order chi connectivity index (χ0) is 18.6. The van der Waals surface area contributed by atoms with Gasteiger partial charge in [-0.05, 0) is 0 Å². The van der Waals surface area contributed by atoms with Gasteiger partial charge >= 0.3 is 178 Å². The molecule has 0 amide bonds. The predicted molar refractivity (Wildman–Crippen MR) is 119 cm³/mol. The first kappa shape index (κ1) is 22.0. The van der Waals surface area contributed by atoms with Crippen LogP contribution in [0, 0.1) is 0 Å². The summed E-state index contributed by atoms with van der Waals surface area (Å²) in [5, 5.41) is 0. The number of hydrogen-bond acceptors (Lipinski definition) is 2. The van der Waals surface area contributed by atoms with Crippen LogP contribution in [0.3, 0.4) is 0 Å². The molecule has 2 aromatic carbocycles. The van der Waals surface area contributed by atoms with E-state index in [1.807, 2.05) is 0 Å². The van der Waals surface area contributed by atoms with Gasteiger partial charge in [-0.2, -0.15) is 0 Å². The van der Waals surface area contributed by atoms with Gasteiger partial charge in [0.2, 0.25) is 0 Å². The SMILES string of the molecule is CC(C)(C[O][Zr]([I])([I])[O]CC(C)(C)c1ccccc1)c1ccccc1. The van der Waals surface area contributed by atoms with Gasteiger partial charge in [0.25, 0.3) is 0 Å². The Labute approximate surface area is 176 Å². The molecule has 25 heavy (non-hydrogen) atoms. The van der Waals surface area contributed by atoms with E-state index in [-0.39, 0.29) is 10.8 Å². The van der Waals surface area contributed by atoms with E-state index in [1.165, 1.54) is 11.1 Å². The van der Waals surface area contributed by atoms with Gasteiger partial charge in [-0.25, -0.2) is 0 Å². The Hall–Kier alpha value is 0.703. The number of hydrogen-bond donors (Lipinski definition) is 0.